The van der Waals surface area contributed by atoms with Crippen molar-refractivity contribution in [1.29, 1.82) is 0 Å². The molecule has 0 aromatic heterocycles. The Labute approximate surface area is 118 Å². The fourth-order valence-corrected chi connectivity index (χ4v) is 2.86. The lowest BCUT2D eigenvalue weighted by molar-refractivity contribution is -0.308. The fourth-order valence-electron chi connectivity index (χ4n) is 2.38. The molecule has 3 atom stereocenters. The number of aliphatic carboxylic acids is 1. The monoisotopic (exact) mass is 287 g/mol. The van der Waals surface area contributed by atoms with Crippen LogP contribution < -0.4 is 15.7 Å². The molecular formula is C13H23N2O3S-. The van der Waals surface area contributed by atoms with Crippen LogP contribution in [0.25, 0.3) is 0 Å². The summed E-state index contributed by atoms with van der Waals surface area (Å²) in [6.07, 6.45) is 6.69. The van der Waals surface area contributed by atoms with E-state index in [0.29, 0.717) is 18.1 Å². The van der Waals surface area contributed by atoms with Crippen molar-refractivity contribution in [2.45, 2.75) is 51.1 Å². The Hall–Kier alpha value is -0.910. The van der Waals surface area contributed by atoms with Gasteiger partial charge in [-0.15, -0.1) is 0 Å². The van der Waals surface area contributed by atoms with Crippen molar-refractivity contribution in [3.05, 3.63) is 0 Å². The fraction of sp³-hybridized carbons (Fsp3) is 0.846. The molecule has 0 unspecified atom stereocenters. The number of thioether (sulfide) groups is 1. The zero-order chi connectivity index (χ0) is 14.3. The van der Waals surface area contributed by atoms with Crippen molar-refractivity contribution >= 4 is 23.8 Å². The van der Waals surface area contributed by atoms with Gasteiger partial charge in [-0.25, -0.2) is 4.79 Å². The number of urea groups is 1. The largest absolute Gasteiger partial charge is 0.548 e. The summed E-state index contributed by atoms with van der Waals surface area (Å²) in [7, 11) is 0. The molecular weight excluding hydrogens is 264 g/mol. The number of carboxylic acid groups (broad SMARTS) is 1. The van der Waals surface area contributed by atoms with Gasteiger partial charge < -0.3 is 20.5 Å². The first-order valence-corrected chi connectivity index (χ1v) is 8.20. The molecule has 0 aliphatic heterocycles. The Morgan fingerprint density at radius 2 is 2.05 bits per heavy atom. The molecule has 19 heavy (non-hydrogen) atoms. The lowest BCUT2D eigenvalue weighted by Gasteiger charge is -2.30. The maximum Gasteiger partial charge on any atom is 0.315 e. The van der Waals surface area contributed by atoms with Crippen molar-refractivity contribution in [2.75, 3.05) is 12.0 Å². The molecule has 6 heteroatoms. The normalized spacial score (nSPS) is 24.5. The smallest absolute Gasteiger partial charge is 0.315 e. The number of rotatable bonds is 6. The quantitative estimate of drug-likeness (QED) is 0.755. The molecule has 0 spiro atoms. The molecule has 110 valence electrons. The van der Waals surface area contributed by atoms with Gasteiger partial charge in [-0.1, -0.05) is 19.8 Å². The second-order valence-electron chi connectivity index (χ2n) is 5.14. The van der Waals surface area contributed by atoms with Gasteiger partial charge in [-0.05, 0) is 37.2 Å². The Bertz CT molecular complexity index is 312. The van der Waals surface area contributed by atoms with Gasteiger partial charge in [-0.3, -0.25) is 0 Å². The van der Waals surface area contributed by atoms with Gasteiger partial charge in [0.1, 0.15) is 0 Å². The number of carbonyl (C=O) groups is 2. The minimum Gasteiger partial charge on any atom is -0.548 e. The molecule has 0 bridgehead atoms. The topological polar surface area (TPSA) is 81.3 Å². The van der Waals surface area contributed by atoms with Gasteiger partial charge in [0.2, 0.25) is 0 Å². The van der Waals surface area contributed by atoms with E-state index < -0.39 is 18.0 Å². The summed E-state index contributed by atoms with van der Waals surface area (Å²) in [6, 6.07) is -1.16. The molecule has 5 nitrogen and oxygen atoms in total. The Balaban J connectivity index is 2.40. The van der Waals surface area contributed by atoms with Gasteiger partial charge in [-0.2, -0.15) is 11.8 Å². The van der Waals surface area contributed by atoms with Crippen molar-refractivity contribution < 1.29 is 14.7 Å². The zero-order valence-corrected chi connectivity index (χ0v) is 12.4. The molecule has 1 saturated carbocycles. The summed E-state index contributed by atoms with van der Waals surface area (Å²) in [4.78, 5) is 22.7. The molecule has 0 heterocycles. The number of nitrogens with one attached hydrogen (secondary N) is 2. The SMILES string of the molecule is CSCC[C@H](NC(=O)N[C@@H]1CCCC[C@@H]1C)C(=O)[O-]. The van der Waals surface area contributed by atoms with Crippen LogP contribution in [0.1, 0.15) is 39.0 Å². The predicted molar refractivity (Wildman–Crippen MR) is 74.9 cm³/mol. The predicted octanol–water partition coefficient (Wildman–Crippen LogP) is 0.736. The molecule has 0 radical (unpaired) electrons. The van der Waals surface area contributed by atoms with E-state index in [2.05, 4.69) is 17.6 Å². The third-order valence-corrected chi connectivity index (χ3v) is 4.27. The van der Waals surface area contributed by atoms with Gasteiger partial charge in [0.15, 0.2) is 0 Å². The van der Waals surface area contributed by atoms with E-state index >= 15 is 0 Å². The van der Waals surface area contributed by atoms with Crippen molar-refractivity contribution in [1.82, 2.24) is 10.6 Å². The first kappa shape index (κ1) is 16.1. The van der Waals surface area contributed by atoms with Crippen LogP contribution in [0, 0.1) is 5.92 Å². The summed E-state index contributed by atoms with van der Waals surface area (Å²) < 4.78 is 0. The second-order valence-corrected chi connectivity index (χ2v) is 6.12. The van der Waals surface area contributed by atoms with E-state index in [1.165, 1.54) is 6.42 Å². The van der Waals surface area contributed by atoms with E-state index in [1.54, 1.807) is 11.8 Å². The maximum absolute atomic E-state index is 11.8. The van der Waals surface area contributed by atoms with Crippen LogP contribution >= 0.6 is 11.8 Å². The Kier molecular flexibility index (Phi) is 7.05. The molecule has 1 aliphatic carbocycles. The highest BCUT2D eigenvalue weighted by Crippen LogP contribution is 2.23. The average Bonchev–Trinajstić information content (AvgIpc) is 2.37. The summed E-state index contributed by atoms with van der Waals surface area (Å²) in [5.41, 5.74) is 0. The van der Waals surface area contributed by atoms with Gasteiger partial charge >= 0.3 is 6.03 Å². The first-order chi connectivity index (χ1) is 9.04. The van der Waals surface area contributed by atoms with Crippen molar-refractivity contribution in [2.24, 2.45) is 5.92 Å². The second kappa shape index (κ2) is 8.30. The average molecular weight is 287 g/mol. The first-order valence-electron chi connectivity index (χ1n) is 6.81. The van der Waals surface area contributed by atoms with Crippen LogP contribution in [-0.2, 0) is 4.79 Å². The minimum atomic E-state index is -1.22. The summed E-state index contributed by atoms with van der Waals surface area (Å²) in [6.45, 7) is 2.12. The third kappa shape index (κ3) is 5.72. The van der Waals surface area contributed by atoms with Crippen LogP contribution in [0.5, 0.6) is 0 Å². The molecule has 1 aliphatic rings. The Morgan fingerprint density at radius 3 is 2.63 bits per heavy atom. The molecule has 2 amide bonds. The lowest BCUT2D eigenvalue weighted by Crippen LogP contribution is -2.54. The van der Waals surface area contributed by atoms with Gasteiger partial charge in [0.05, 0.1) is 12.0 Å². The molecule has 1 fully saturated rings. The Morgan fingerprint density at radius 1 is 1.37 bits per heavy atom. The van der Waals surface area contributed by atoms with E-state index in [0.717, 1.165) is 19.3 Å². The molecule has 2 N–H and O–H groups in total. The van der Waals surface area contributed by atoms with E-state index in [1.807, 2.05) is 6.26 Å². The number of carboxylic acids is 1. The molecule has 0 aromatic carbocycles. The standard InChI is InChI=1S/C13H24N2O3S/c1-9-5-3-4-6-10(9)14-13(18)15-11(12(16)17)7-8-19-2/h9-11H,3-8H2,1-2H3,(H,16,17)(H2,14,15,18)/p-1/t9-,10+,11-/m0/s1. The number of carbonyl (C=O) groups excluding carboxylic acids is 2. The summed E-state index contributed by atoms with van der Waals surface area (Å²) >= 11 is 1.55. The molecule has 0 aromatic rings. The summed E-state index contributed by atoms with van der Waals surface area (Å²) in [5.74, 6) is -0.0911. The minimum absolute atomic E-state index is 0.150. The molecule has 1 rings (SSSR count). The van der Waals surface area contributed by atoms with E-state index in [9.17, 15) is 14.7 Å². The highest BCUT2D eigenvalue weighted by atomic mass is 32.2. The third-order valence-electron chi connectivity index (χ3n) is 3.63. The number of amides is 2. The highest BCUT2D eigenvalue weighted by Gasteiger charge is 2.23. The van der Waals surface area contributed by atoms with E-state index in [4.69, 9.17) is 0 Å². The highest BCUT2D eigenvalue weighted by molar-refractivity contribution is 7.98. The molecule has 0 saturated heterocycles. The zero-order valence-electron chi connectivity index (χ0n) is 11.6. The van der Waals surface area contributed by atoms with Crippen LogP contribution in [0.3, 0.4) is 0 Å². The van der Waals surface area contributed by atoms with Crippen molar-refractivity contribution in [3.8, 4) is 0 Å². The number of hydrogen-bond donors (Lipinski definition) is 2. The van der Waals surface area contributed by atoms with Crippen molar-refractivity contribution in [3.63, 3.8) is 0 Å². The van der Waals surface area contributed by atoms with Crippen LogP contribution in [0.2, 0.25) is 0 Å². The number of hydrogen-bond acceptors (Lipinski definition) is 4. The van der Waals surface area contributed by atoms with E-state index in [-0.39, 0.29) is 6.04 Å². The van der Waals surface area contributed by atoms with Gasteiger partial charge in [0, 0.05) is 6.04 Å². The maximum atomic E-state index is 11.8. The summed E-state index contributed by atoms with van der Waals surface area (Å²) in [5, 5.41) is 16.3. The van der Waals surface area contributed by atoms with Crippen LogP contribution in [0.15, 0.2) is 0 Å². The van der Waals surface area contributed by atoms with Gasteiger partial charge in [0.25, 0.3) is 0 Å². The lowest BCUT2D eigenvalue weighted by atomic mass is 9.86. The van der Waals surface area contributed by atoms with Crippen LogP contribution in [-0.4, -0.2) is 36.1 Å². The van der Waals surface area contributed by atoms with Crippen LogP contribution in [0.4, 0.5) is 4.79 Å².